The van der Waals surface area contributed by atoms with Gasteiger partial charge in [0.2, 0.25) is 0 Å². The quantitative estimate of drug-likeness (QED) is 0.350. The number of rotatable bonds is 10. The van der Waals surface area contributed by atoms with Gasteiger partial charge >= 0.3 is 5.97 Å². The maximum Gasteiger partial charge on any atom is 0.306 e. The number of hydrogen-bond donors (Lipinski definition) is 0. The van der Waals surface area contributed by atoms with Crippen LogP contribution in [0.25, 0.3) is 0 Å². The summed E-state index contributed by atoms with van der Waals surface area (Å²) in [7, 11) is 0. The molecule has 1 fully saturated rings. The molecular formula is C22H33NO4. The molecule has 1 atom stereocenters. The van der Waals surface area contributed by atoms with Crippen LogP contribution in [-0.2, 0) is 9.53 Å². The van der Waals surface area contributed by atoms with Gasteiger partial charge in [-0.15, -0.1) is 0 Å². The molecule has 0 bridgehead atoms. The van der Waals surface area contributed by atoms with E-state index in [1.807, 2.05) is 12.1 Å². The molecule has 0 amide bonds. The predicted molar refractivity (Wildman–Crippen MR) is 106 cm³/mol. The standard InChI is InChI=1S/C22H33NO4/c1-5-26-20(24)16-22(3,4)21(25)18-9-11-19(12-10-18)27-15-7-14-23-13-6-8-17(23)2/h9-12,17H,5-8,13-16H2,1-4H3. The largest absolute Gasteiger partial charge is 0.494 e. The van der Waals surface area contributed by atoms with Crippen molar-refractivity contribution in [1.82, 2.24) is 4.90 Å². The summed E-state index contributed by atoms with van der Waals surface area (Å²) in [6.07, 6.45) is 3.66. The first-order chi connectivity index (χ1) is 12.8. The molecule has 1 aromatic carbocycles. The fourth-order valence-electron chi connectivity index (χ4n) is 3.53. The lowest BCUT2D eigenvalue weighted by molar-refractivity contribution is -0.144. The van der Waals surface area contributed by atoms with E-state index in [4.69, 9.17) is 9.47 Å². The summed E-state index contributed by atoms with van der Waals surface area (Å²) in [4.78, 5) is 26.9. The lowest BCUT2D eigenvalue weighted by Gasteiger charge is -2.22. The van der Waals surface area contributed by atoms with Crippen molar-refractivity contribution in [2.45, 2.75) is 59.4 Å². The number of benzene rings is 1. The molecule has 0 aliphatic carbocycles. The number of esters is 1. The van der Waals surface area contributed by atoms with Crippen molar-refractivity contribution in [1.29, 1.82) is 0 Å². The Morgan fingerprint density at radius 1 is 1.22 bits per heavy atom. The van der Waals surface area contributed by atoms with E-state index in [1.165, 1.54) is 19.4 Å². The molecule has 1 heterocycles. The summed E-state index contributed by atoms with van der Waals surface area (Å²) >= 11 is 0. The van der Waals surface area contributed by atoms with Gasteiger partial charge in [0.05, 0.1) is 19.6 Å². The molecule has 150 valence electrons. The predicted octanol–water partition coefficient (Wildman–Crippen LogP) is 4.10. The minimum atomic E-state index is -0.791. The highest BCUT2D eigenvalue weighted by molar-refractivity contribution is 6.01. The Bertz CT molecular complexity index is 624. The van der Waals surface area contributed by atoms with Crippen LogP contribution in [0.15, 0.2) is 24.3 Å². The molecule has 1 aromatic rings. The topological polar surface area (TPSA) is 55.8 Å². The van der Waals surface area contributed by atoms with E-state index in [0.717, 1.165) is 18.7 Å². The summed E-state index contributed by atoms with van der Waals surface area (Å²) < 4.78 is 10.8. The zero-order valence-electron chi connectivity index (χ0n) is 17.1. The smallest absolute Gasteiger partial charge is 0.306 e. The number of Topliss-reactive ketones (excluding diaryl/α,β-unsaturated/α-hetero) is 1. The fraction of sp³-hybridized carbons (Fsp3) is 0.636. The Morgan fingerprint density at radius 3 is 2.52 bits per heavy atom. The molecule has 0 aromatic heterocycles. The number of ketones is 1. The number of likely N-dealkylation sites (tertiary alicyclic amines) is 1. The second-order valence-corrected chi connectivity index (χ2v) is 7.95. The van der Waals surface area contributed by atoms with Crippen LogP contribution in [0.5, 0.6) is 5.75 Å². The highest BCUT2D eigenvalue weighted by Crippen LogP contribution is 2.27. The fourth-order valence-corrected chi connectivity index (χ4v) is 3.53. The van der Waals surface area contributed by atoms with Crippen LogP contribution in [-0.4, -0.2) is 49.0 Å². The second-order valence-electron chi connectivity index (χ2n) is 7.95. The van der Waals surface area contributed by atoms with Gasteiger partial charge in [-0.05, 0) is 63.9 Å². The van der Waals surface area contributed by atoms with Gasteiger partial charge in [-0.2, -0.15) is 0 Å². The first-order valence-electron chi connectivity index (χ1n) is 10.0. The van der Waals surface area contributed by atoms with Crippen molar-refractivity contribution in [2.24, 2.45) is 5.41 Å². The van der Waals surface area contributed by atoms with Crippen LogP contribution < -0.4 is 4.74 Å². The van der Waals surface area contributed by atoms with Crippen molar-refractivity contribution in [3.8, 4) is 5.75 Å². The van der Waals surface area contributed by atoms with Crippen LogP contribution >= 0.6 is 0 Å². The number of hydrogen-bond acceptors (Lipinski definition) is 5. The zero-order valence-corrected chi connectivity index (χ0v) is 17.1. The van der Waals surface area contributed by atoms with E-state index >= 15 is 0 Å². The molecule has 0 radical (unpaired) electrons. The maximum atomic E-state index is 12.7. The number of carbonyl (C=O) groups is 2. The van der Waals surface area contributed by atoms with Crippen molar-refractivity contribution in [3.05, 3.63) is 29.8 Å². The minimum absolute atomic E-state index is 0.0647. The van der Waals surface area contributed by atoms with E-state index in [1.54, 1.807) is 32.9 Å². The van der Waals surface area contributed by atoms with Crippen molar-refractivity contribution < 1.29 is 19.1 Å². The van der Waals surface area contributed by atoms with E-state index in [9.17, 15) is 9.59 Å². The molecule has 27 heavy (non-hydrogen) atoms. The Hall–Kier alpha value is -1.88. The highest BCUT2D eigenvalue weighted by Gasteiger charge is 2.32. The molecule has 1 aliphatic heterocycles. The van der Waals surface area contributed by atoms with Crippen LogP contribution in [0.1, 0.15) is 63.7 Å². The zero-order chi connectivity index (χ0) is 19.9. The Labute approximate surface area is 163 Å². The van der Waals surface area contributed by atoms with Gasteiger partial charge < -0.3 is 14.4 Å². The van der Waals surface area contributed by atoms with E-state index < -0.39 is 5.41 Å². The van der Waals surface area contributed by atoms with Crippen LogP contribution in [0, 0.1) is 5.41 Å². The molecule has 5 heteroatoms. The number of ether oxygens (including phenoxy) is 2. The second kappa shape index (κ2) is 9.88. The molecule has 0 saturated carbocycles. The average molecular weight is 376 g/mol. The number of nitrogens with zero attached hydrogens (tertiary/aromatic N) is 1. The van der Waals surface area contributed by atoms with Gasteiger partial charge in [0.15, 0.2) is 5.78 Å². The Morgan fingerprint density at radius 2 is 1.93 bits per heavy atom. The summed E-state index contributed by atoms with van der Waals surface area (Å²) in [5.74, 6) is 0.359. The van der Waals surface area contributed by atoms with Crippen molar-refractivity contribution in [2.75, 3.05) is 26.3 Å². The van der Waals surface area contributed by atoms with Gasteiger partial charge in [0.25, 0.3) is 0 Å². The van der Waals surface area contributed by atoms with E-state index in [0.29, 0.717) is 24.8 Å². The van der Waals surface area contributed by atoms with Crippen LogP contribution in [0.4, 0.5) is 0 Å². The van der Waals surface area contributed by atoms with Gasteiger partial charge in [-0.25, -0.2) is 0 Å². The molecule has 5 nitrogen and oxygen atoms in total. The third-order valence-corrected chi connectivity index (χ3v) is 5.17. The highest BCUT2D eigenvalue weighted by atomic mass is 16.5. The minimum Gasteiger partial charge on any atom is -0.494 e. The van der Waals surface area contributed by atoms with Crippen LogP contribution in [0.2, 0.25) is 0 Å². The maximum absolute atomic E-state index is 12.7. The van der Waals surface area contributed by atoms with Crippen molar-refractivity contribution in [3.63, 3.8) is 0 Å². The summed E-state index contributed by atoms with van der Waals surface area (Å²) in [6.45, 7) is 10.9. The molecule has 1 saturated heterocycles. The molecule has 2 rings (SSSR count). The Kier molecular flexibility index (Phi) is 7.84. The van der Waals surface area contributed by atoms with Gasteiger partial charge in [-0.1, -0.05) is 13.8 Å². The molecule has 0 N–H and O–H groups in total. The first kappa shape index (κ1) is 21.4. The lowest BCUT2D eigenvalue weighted by Crippen LogP contribution is -2.28. The van der Waals surface area contributed by atoms with E-state index in [2.05, 4.69) is 11.8 Å². The monoisotopic (exact) mass is 375 g/mol. The third-order valence-electron chi connectivity index (χ3n) is 5.17. The molecule has 1 aliphatic rings. The van der Waals surface area contributed by atoms with Gasteiger partial charge in [0, 0.05) is 23.6 Å². The van der Waals surface area contributed by atoms with Gasteiger partial charge in [0.1, 0.15) is 5.75 Å². The lowest BCUT2D eigenvalue weighted by atomic mass is 9.81. The summed E-state index contributed by atoms with van der Waals surface area (Å²) in [5.41, 5.74) is -0.205. The SMILES string of the molecule is CCOC(=O)CC(C)(C)C(=O)c1ccc(OCCCN2CCCC2C)cc1. The Balaban J connectivity index is 1.81. The third kappa shape index (κ3) is 6.35. The number of carbonyl (C=O) groups excluding carboxylic acids is 2. The molecule has 1 unspecified atom stereocenters. The first-order valence-corrected chi connectivity index (χ1v) is 10.0. The molecule has 0 spiro atoms. The van der Waals surface area contributed by atoms with Crippen LogP contribution in [0.3, 0.4) is 0 Å². The molecular weight excluding hydrogens is 342 g/mol. The normalized spacial score (nSPS) is 17.7. The summed E-state index contributed by atoms with van der Waals surface area (Å²) in [5, 5.41) is 0. The van der Waals surface area contributed by atoms with Crippen molar-refractivity contribution >= 4 is 11.8 Å². The summed E-state index contributed by atoms with van der Waals surface area (Å²) in [6, 6.07) is 7.88. The van der Waals surface area contributed by atoms with E-state index in [-0.39, 0.29) is 18.2 Å². The van der Waals surface area contributed by atoms with Gasteiger partial charge in [-0.3, -0.25) is 9.59 Å². The average Bonchev–Trinajstić information content (AvgIpc) is 3.03.